The number of methoxy groups -OCH3 is 1. The van der Waals surface area contributed by atoms with Crippen LogP contribution in [0, 0.1) is 0 Å². The molecule has 0 bridgehead atoms. The molecule has 1 amide bonds. The number of ether oxygens (including phenoxy) is 1. The second-order valence-corrected chi connectivity index (χ2v) is 4.75. The van der Waals surface area contributed by atoms with Crippen molar-refractivity contribution in [2.45, 2.75) is 0 Å². The first-order valence-corrected chi connectivity index (χ1v) is 6.23. The van der Waals surface area contributed by atoms with Crippen LogP contribution >= 0.6 is 11.3 Å². The van der Waals surface area contributed by atoms with Gasteiger partial charge in [-0.3, -0.25) is 4.79 Å². The zero-order valence-electron chi connectivity index (χ0n) is 10.2. The second-order valence-electron chi connectivity index (χ2n) is 3.70. The van der Waals surface area contributed by atoms with E-state index in [0.29, 0.717) is 10.6 Å². The number of nitrogen functional groups attached to an aromatic ring is 1. The van der Waals surface area contributed by atoms with E-state index in [0.717, 1.165) is 16.2 Å². The van der Waals surface area contributed by atoms with Crippen molar-refractivity contribution >= 4 is 22.9 Å². The topological polar surface area (TPSA) is 64.3 Å². The summed E-state index contributed by atoms with van der Waals surface area (Å²) in [5, 5.41) is 2.58. The van der Waals surface area contributed by atoms with E-state index in [9.17, 15) is 4.79 Å². The van der Waals surface area contributed by atoms with Gasteiger partial charge < -0.3 is 15.8 Å². The van der Waals surface area contributed by atoms with Crippen molar-refractivity contribution in [2.24, 2.45) is 0 Å². The predicted molar refractivity (Wildman–Crippen MR) is 74.1 cm³/mol. The van der Waals surface area contributed by atoms with E-state index in [-0.39, 0.29) is 5.91 Å². The van der Waals surface area contributed by atoms with Crippen LogP contribution < -0.4 is 15.8 Å². The number of anilines is 1. The highest BCUT2D eigenvalue weighted by Crippen LogP contribution is 2.33. The zero-order chi connectivity index (χ0) is 13.1. The van der Waals surface area contributed by atoms with Crippen molar-refractivity contribution in [1.82, 2.24) is 5.32 Å². The average Bonchev–Trinajstić information content (AvgIpc) is 2.80. The van der Waals surface area contributed by atoms with Crippen molar-refractivity contribution in [3.63, 3.8) is 0 Å². The third-order valence-corrected chi connectivity index (χ3v) is 3.77. The number of carbonyl (C=O) groups is 1. The number of hydrogen-bond acceptors (Lipinski definition) is 4. The molecule has 4 nitrogen and oxygen atoms in total. The lowest BCUT2D eigenvalue weighted by Crippen LogP contribution is -2.17. The summed E-state index contributed by atoms with van der Waals surface area (Å²) in [5.41, 5.74) is 7.36. The molecule has 0 spiro atoms. The molecule has 0 atom stereocenters. The Labute approximate surface area is 109 Å². The first-order valence-electron chi connectivity index (χ1n) is 5.41. The molecule has 1 heterocycles. The quantitative estimate of drug-likeness (QED) is 0.892. The highest BCUT2D eigenvalue weighted by Gasteiger charge is 2.13. The molecular weight excluding hydrogens is 248 g/mol. The summed E-state index contributed by atoms with van der Waals surface area (Å²) in [7, 11) is 3.22. The fourth-order valence-corrected chi connectivity index (χ4v) is 2.62. The Morgan fingerprint density at radius 2 is 2.00 bits per heavy atom. The molecule has 0 saturated carbocycles. The Bertz CT molecular complexity index is 561. The lowest BCUT2D eigenvalue weighted by Gasteiger charge is -2.00. The van der Waals surface area contributed by atoms with Gasteiger partial charge in [-0.2, -0.15) is 0 Å². The maximum Gasteiger partial charge on any atom is 0.263 e. The van der Waals surface area contributed by atoms with Gasteiger partial charge in [-0.15, -0.1) is 11.3 Å². The van der Waals surface area contributed by atoms with Gasteiger partial charge in [0.2, 0.25) is 0 Å². The lowest BCUT2D eigenvalue weighted by molar-refractivity contribution is 0.0968. The molecule has 0 aliphatic carbocycles. The van der Waals surface area contributed by atoms with Gasteiger partial charge in [0, 0.05) is 11.9 Å². The molecular formula is C13H14N2O2S. The Balaban J connectivity index is 2.36. The molecule has 2 aromatic rings. The van der Waals surface area contributed by atoms with Crippen LogP contribution in [0.5, 0.6) is 5.75 Å². The van der Waals surface area contributed by atoms with Crippen molar-refractivity contribution < 1.29 is 9.53 Å². The van der Waals surface area contributed by atoms with E-state index in [1.54, 1.807) is 14.2 Å². The SMILES string of the molecule is CNC(=O)c1sc(-c2ccc(OC)cc2)cc1N. The van der Waals surface area contributed by atoms with E-state index in [1.165, 1.54) is 11.3 Å². The number of hydrogen-bond donors (Lipinski definition) is 2. The molecule has 0 fully saturated rings. The molecule has 0 aliphatic rings. The van der Waals surface area contributed by atoms with Crippen molar-refractivity contribution in [3.8, 4) is 16.2 Å². The maximum absolute atomic E-state index is 11.6. The van der Waals surface area contributed by atoms with Gasteiger partial charge in [-0.25, -0.2) is 0 Å². The average molecular weight is 262 g/mol. The number of thiophene rings is 1. The second kappa shape index (κ2) is 5.10. The maximum atomic E-state index is 11.6. The minimum atomic E-state index is -0.155. The molecule has 0 saturated heterocycles. The molecule has 94 valence electrons. The highest BCUT2D eigenvalue weighted by atomic mass is 32.1. The summed E-state index contributed by atoms with van der Waals surface area (Å²) in [6.07, 6.45) is 0. The molecule has 0 unspecified atom stereocenters. The largest absolute Gasteiger partial charge is 0.497 e. The Hall–Kier alpha value is -2.01. The predicted octanol–water partition coefficient (Wildman–Crippen LogP) is 2.37. The molecule has 0 radical (unpaired) electrons. The molecule has 3 N–H and O–H groups in total. The molecule has 1 aromatic carbocycles. The van der Waals surface area contributed by atoms with Gasteiger partial charge in [0.1, 0.15) is 10.6 Å². The van der Waals surface area contributed by atoms with Crippen LogP contribution in [0.1, 0.15) is 9.67 Å². The van der Waals surface area contributed by atoms with Gasteiger partial charge >= 0.3 is 0 Å². The molecule has 18 heavy (non-hydrogen) atoms. The first-order chi connectivity index (χ1) is 8.65. The number of nitrogens with one attached hydrogen (secondary N) is 1. The number of amides is 1. The standard InChI is InChI=1S/C13H14N2O2S/c1-15-13(16)12-10(14)7-11(18-12)8-3-5-9(17-2)6-4-8/h3-7H,14H2,1-2H3,(H,15,16). The van der Waals surface area contributed by atoms with Gasteiger partial charge in [0.15, 0.2) is 0 Å². The lowest BCUT2D eigenvalue weighted by atomic mass is 10.2. The first kappa shape index (κ1) is 12.4. The summed E-state index contributed by atoms with van der Waals surface area (Å²) >= 11 is 1.38. The van der Waals surface area contributed by atoms with Crippen LogP contribution in [0.25, 0.3) is 10.4 Å². The number of nitrogens with two attached hydrogens (primary N) is 1. The van der Waals surface area contributed by atoms with E-state index in [4.69, 9.17) is 10.5 Å². The van der Waals surface area contributed by atoms with E-state index < -0.39 is 0 Å². The van der Waals surface area contributed by atoms with E-state index in [1.807, 2.05) is 30.3 Å². The molecule has 5 heteroatoms. The van der Waals surface area contributed by atoms with Gasteiger partial charge in [-0.1, -0.05) is 0 Å². The van der Waals surface area contributed by atoms with Crippen LogP contribution in [0.3, 0.4) is 0 Å². The molecule has 1 aromatic heterocycles. The zero-order valence-corrected chi connectivity index (χ0v) is 11.0. The fraction of sp³-hybridized carbons (Fsp3) is 0.154. The summed E-state index contributed by atoms with van der Waals surface area (Å²) in [6.45, 7) is 0. The third kappa shape index (κ3) is 2.31. The minimum Gasteiger partial charge on any atom is -0.497 e. The smallest absolute Gasteiger partial charge is 0.263 e. The Morgan fingerprint density at radius 1 is 1.33 bits per heavy atom. The molecule has 2 rings (SSSR count). The Morgan fingerprint density at radius 3 is 2.56 bits per heavy atom. The monoisotopic (exact) mass is 262 g/mol. The number of rotatable bonds is 3. The van der Waals surface area contributed by atoms with Crippen LogP contribution in [0.15, 0.2) is 30.3 Å². The summed E-state index contributed by atoms with van der Waals surface area (Å²) < 4.78 is 5.10. The number of benzene rings is 1. The van der Waals surface area contributed by atoms with E-state index >= 15 is 0 Å². The van der Waals surface area contributed by atoms with Crippen molar-refractivity contribution in [1.29, 1.82) is 0 Å². The fourth-order valence-electron chi connectivity index (χ4n) is 1.59. The normalized spacial score (nSPS) is 10.1. The van der Waals surface area contributed by atoms with Crippen LogP contribution in [0.2, 0.25) is 0 Å². The van der Waals surface area contributed by atoms with Crippen LogP contribution in [-0.4, -0.2) is 20.1 Å². The summed E-state index contributed by atoms with van der Waals surface area (Å²) in [4.78, 5) is 13.1. The third-order valence-electron chi connectivity index (χ3n) is 2.57. The number of carbonyl (C=O) groups excluding carboxylic acids is 1. The van der Waals surface area contributed by atoms with Gasteiger partial charge in [0.05, 0.1) is 12.8 Å². The Kier molecular flexibility index (Phi) is 3.53. The van der Waals surface area contributed by atoms with Crippen molar-refractivity contribution in [3.05, 3.63) is 35.2 Å². The van der Waals surface area contributed by atoms with Gasteiger partial charge in [-0.05, 0) is 35.9 Å². The molecule has 0 aliphatic heterocycles. The minimum absolute atomic E-state index is 0.155. The van der Waals surface area contributed by atoms with Gasteiger partial charge in [0.25, 0.3) is 5.91 Å². The van der Waals surface area contributed by atoms with E-state index in [2.05, 4.69) is 5.32 Å². The summed E-state index contributed by atoms with van der Waals surface area (Å²) in [6, 6.07) is 9.46. The van der Waals surface area contributed by atoms with Crippen molar-refractivity contribution in [2.75, 3.05) is 19.9 Å². The van der Waals surface area contributed by atoms with Crippen LogP contribution in [0.4, 0.5) is 5.69 Å². The summed E-state index contributed by atoms with van der Waals surface area (Å²) in [5.74, 6) is 0.645. The van der Waals surface area contributed by atoms with Crippen LogP contribution in [-0.2, 0) is 0 Å². The highest BCUT2D eigenvalue weighted by molar-refractivity contribution is 7.18.